The lowest BCUT2D eigenvalue weighted by Crippen LogP contribution is -2.45. The SMILES string of the molecule is CN=C(NCCCOCC1CCCO1)NCC(CC(C)C)N(C)C.I. The summed E-state index contributed by atoms with van der Waals surface area (Å²) in [5, 5.41) is 6.78. The van der Waals surface area contributed by atoms with Gasteiger partial charge < -0.3 is 25.0 Å². The molecule has 25 heavy (non-hydrogen) atoms. The summed E-state index contributed by atoms with van der Waals surface area (Å²) in [7, 11) is 6.09. The molecular formula is C18H39IN4O2. The summed E-state index contributed by atoms with van der Waals surface area (Å²) in [5.74, 6) is 1.56. The highest BCUT2D eigenvalue weighted by Crippen LogP contribution is 2.11. The third-order valence-corrected chi connectivity index (χ3v) is 4.29. The van der Waals surface area contributed by atoms with Crippen LogP contribution in [0.3, 0.4) is 0 Å². The quantitative estimate of drug-likeness (QED) is 0.210. The van der Waals surface area contributed by atoms with E-state index < -0.39 is 0 Å². The first-order valence-electron chi connectivity index (χ1n) is 9.33. The van der Waals surface area contributed by atoms with Crippen LogP contribution in [0.4, 0.5) is 0 Å². The van der Waals surface area contributed by atoms with E-state index in [-0.39, 0.29) is 24.0 Å². The Morgan fingerprint density at radius 2 is 2.08 bits per heavy atom. The summed E-state index contributed by atoms with van der Waals surface area (Å²) >= 11 is 0. The molecule has 2 unspecified atom stereocenters. The highest BCUT2D eigenvalue weighted by Gasteiger charge is 2.15. The second-order valence-electron chi connectivity index (χ2n) is 7.19. The van der Waals surface area contributed by atoms with Crippen molar-refractivity contribution in [3.05, 3.63) is 0 Å². The molecule has 2 atom stereocenters. The smallest absolute Gasteiger partial charge is 0.191 e. The summed E-state index contributed by atoms with van der Waals surface area (Å²) in [6, 6.07) is 0.512. The highest BCUT2D eigenvalue weighted by molar-refractivity contribution is 14.0. The van der Waals surface area contributed by atoms with Gasteiger partial charge in [-0.1, -0.05) is 13.8 Å². The molecule has 0 aliphatic carbocycles. The Morgan fingerprint density at radius 3 is 2.64 bits per heavy atom. The fraction of sp³-hybridized carbons (Fsp3) is 0.944. The molecule has 1 saturated heterocycles. The second-order valence-corrected chi connectivity index (χ2v) is 7.19. The van der Waals surface area contributed by atoms with Gasteiger partial charge in [-0.2, -0.15) is 0 Å². The normalized spacial score (nSPS) is 19.2. The lowest BCUT2D eigenvalue weighted by atomic mass is 10.0. The molecule has 0 aromatic heterocycles. The predicted octanol–water partition coefficient (Wildman–Crippen LogP) is 2.33. The van der Waals surface area contributed by atoms with Crippen molar-refractivity contribution in [2.45, 2.75) is 51.7 Å². The molecule has 0 amide bonds. The van der Waals surface area contributed by atoms with Crippen LogP contribution >= 0.6 is 24.0 Å². The Balaban J connectivity index is 0.00000576. The third-order valence-electron chi connectivity index (χ3n) is 4.29. The Labute approximate surface area is 171 Å². The van der Waals surface area contributed by atoms with E-state index in [0.717, 1.165) is 51.7 Å². The first-order valence-corrected chi connectivity index (χ1v) is 9.33. The Kier molecular flexibility index (Phi) is 14.9. The average Bonchev–Trinajstić information content (AvgIpc) is 3.05. The summed E-state index contributed by atoms with van der Waals surface area (Å²) in [6.07, 6.45) is 4.77. The van der Waals surface area contributed by atoms with Crippen LogP contribution in [0.1, 0.15) is 39.5 Å². The number of aliphatic imine (C=N–C) groups is 1. The molecule has 0 bridgehead atoms. The molecule has 0 saturated carbocycles. The maximum absolute atomic E-state index is 5.67. The summed E-state index contributed by atoms with van der Waals surface area (Å²) in [6.45, 7) is 8.68. The molecule has 6 nitrogen and oxygen atoms in total. The number of rotatable bonds is 11. The van der Waals surface area contributed by atoms with E-state index in [1.165, 1.54) is 12.8 Å². The molecule has 1 aliphatic heterocycles. The van der Waals surface area contributed by atoms with E-state index in [9.17, 15) is 0 Å². The monoisotopic (exact) mass is 470 g/mol. The van der Waals surface area contributed by atoms with Gasteiger partial charge in [0.2, 0.25) is 0 Å². The highest BCUT2D eigenvalue weighted by atomic mass is 127. The number of guanidine groups is 1. The Bertz CT molecular complexity index is 348. The van der Waals surface area contributed by atoms with Crippen LogP contribution in [0.15, 0.2) is 4.99 Å². The first kappa shape index (κ1) is 24.9. The molecule has 0 spiro atoms. The van der Waals surface area contributed by atoms with Gasteiger partial charge in [-0.3, -0.25) is 4.99 Å². The number of ether oxygens (including phenoxy) is 2. The minimum Gasteiger partial charge on any atom is -0.379 e. The summed E-state index contributed by atoms with van der Waals surface area (Å²) in [5.41, 5.74) is 0. The van der Waals surface area contributed by atoms with Crippen molar-refractivity contribution in [1.29, 1.82) is 0 Å². The van der Waals surface area contributed by atoms with Gasteiger partial charge in [-0.25, -0.2) is 0 Å². The van der Waals surface area contributed by atoms with Crippen LogP contribution in [-0.2, 0) is 9.47 Å². The molecule has 2 N–H and O–H groups in total. The van der Waals surface area contributed by atoms with Gasteiger partial charge in [0, 0.05) is 39.4 Å². The predicted molar refractivity (Wildman–Crippen MR) is 116 cm³/mol. The number of halogens is 1. The van der Waals surface area contributed by atoms with Gasteiger partial charge in [0.25, 0.3) is 0 Å². The number of likely N-dealkylation sites (N-methyl/N-ethyl adjacent to an activating group) is 1. The van der Waals surface area contributed by atoms with Gasteiger partial charge in [-0.05, 0) is 45.7 Å². The van der Waals surface area contributed by atoms with Crippen LogP contribution in [-0.4, -0.2) is 77.1 Å². The number of hydrogen-bond acceptors (Lipinski definition) is 4. The lowest BCUT2D eigenvalue weighted by Gasteiger charge is -2.27. The van der Waals surface area contributed by atoms with Crippen LogP contribution in [0.2, 0.25) is 0 Å². The van der Waals surface area contributed by atoms with Crippen molar-refractivity contribution < 1.29 is 9.47 Å². The van der Waals surface area contributed by atoms with E-state index in [4.69, 9.17) is 9.47 Å². The molecule has 0 aromatic rings. The van der Waals surface area contributed by atoms with E-state index in [1.807, 2.05) is 7.05 Å². The van der Waals surface area contributed by atoms with E-state index in [2.05, 4.69) is 48.5 Å². The van der Waals surface area contributed by atoms with E-state index in [1.54, 1.807) is 0 Å². The zero-order valence-corrected chi connectivity index (χ0v) is 19.0. The number of nitrogens with zero attached hydrogens (tertiary/aromatic N) is 2. The molecule has 0 radical (unpaired) electrons. The zero-order valence-electron chi connectivity index (χ0n) is 16.7. The van der Waals surface area contributed by atoms with Crippen LogP contribution < -0.4 is 10.6 Å². The summed E-state index contributed by atoms with van der Waals surface area (Å²) in [4.78, 5) is 6.57. The van der Waals surface area contributed by atoms with Gasteiger partial charge in [0.05, 0.1) is 12.7 Å². The molecule has 7 heteroatoms. The summed E-state index contributed by atoms with van der Waals surface area (Å²) < 4.78 is 11.2. The van der Waals surface area contributed by atoms with Crippen molar-refractivity contribution in [3.63, 3.8) is 0 Å². The third kappa shape index (κ3) is 12.0. The minimum absolute atomic E-state index is 0. The molecule has 1 aliphatic rings. The Morgan fingerprint density at radius 1 is 1.32 bits per heavy atom. The van der Waals surface area contributed by atoms with Gasteiger partial charge in [0.1, 0.15) is 0 Å². The van der Waals surface area contributed by atoms with Crippen molar-refractivity contribution in [1.82, 2.24) is 15.5 Å². The van der Waals surface area contributed by atoms with Crippen molar-refractivity contribution in [2.75, 3.05) is 54.1 Å². The molecule has 150 valence electrons. The fourth-order valence-corrected chi connectivity index (χ4v) is 2.83. The number of nitrogens with one attached hydrogen (secondary N) is 2. The van der Waals surface area contributed by atoms with E-state index in [0.29, 0.717) is 18.1 Å². The molecule has 0 aromatic carbocycles. The maximum Gasteiger partial charge on any atom is 0.191 e. The second kappa shape index (κ2) is 15.0. The number of hydrogen-bond donors (Lipinski definition) is 2. The van der Waals surface area contributed by atoms with Gasteiger partial charge >= 0.3 is 0 Å². The minimum atomic E-state index is 0. The molecule has 1 heterocycles. The van der Waals surface area contributed by atoms with Crippen molar-refractivity contribution in [2.24, 2.45) is 10.9 Å². The van der Waals surface area contributed by atoms with Crippen LogP contribution in [0.5, 0.6) is 0 Å². The van der Waals surface area contributed by atoms with Crippen LogP contribution in [0, 0.1) is 5.92 Å². The largest absolute Gasteiger partial charge is 0.379 e. The fourth-order valence-electron chi connectivity index (χ4n) is 2.83. The van der Waals surface area contributed by atoms with Crippen molar-refractivity contribution in [3.8, 4) is 0 Å². The van der Waals surface area contributed by atoms with Gasteiger partial charge in [0.15, 0.2) is 5.96 Å². The molecular weight excluding hydrogens is 431 g/mol. The topological polar surface area (TPSA) is 58.1 Å². The zero-order chi connectivity index (χ0) is 17.8. The van der Waals surface area contributed by atoms with Crippen LogP contribution in [0.25, 0.3) is 0 Å². The van der Waals surface area contributed by atoms with Gasteiger partial charge in [-0.15, -0.1) is 24.0 Å². The molecule has 1 fully saturated rings. The first-order chi connectivity index (χ1) is 11.5. The molecule has 1 rings (SSSR count). The average molecular weight is 470 g/mol. The Hall–Kier alpha value is -0.120. The lowest BCUT2D eigenvalue weighted by molar-refractivity contribution is 0.0168. The van der Waals surface area contributed by atoms with E-state index >= 15 is 0 Å². The maximum atomic E-state index is 5.67. The standard InChI is InChI=1S/C18H38N4O2.HI/c1-15(2)12-16(22(4)5)13-21-18(19-3)20-9-7-10-23-14-17-8-6-11-24-17;/h15-17H,6-14H2,1-5H3,(H2,19,20,21);1H. The van der Waals surface area contributed by atoms with Crippen molar-refractivity contribution >= 4 is 29.9 Å².